The van der Waals surface area contributed by atoms with Crippen LogP contribution in [-0.4, -0.2) is 15.2 Å². The maximum atomic E-state index is 14.2. The molecule has 28 heavy (non-hydrogen) atoms. The largest absolute Gasteiger partial charge is 0.384 e. The second kappa shape index (κ2) is 6.21. The zero-order valence-electron chi connectivity index (χ0n) is 14.9. The van der Waals surface area contributed by atoms with E-state index in [-0.39, 0.29) is 11.3 Å². The summed E-state index contributed by atoms with van der Waals surface area (Å²) in [5.74, 6) is -0.579. The molecule has 0 amide bonds. The van der Waals surface area contributed by atoms with Gasteiger partial charge in [0.1, 0.15) is 17.5 Å². The molecule has 2 bridgehead atoms. The third kappa shape index (κ3) is 2.44. The van der Waals surface area contributed by atoms with Crippen LogP contribution in [0.1, 0.15) is 48.4 Å². The summed E-state index contributed by atoms with van der Waals surface area (Å²) < 4.78 is 28.5. The van der Waals surface area contributed by atoms with Gasteiger partial charge < -0.3 is 5.73 Å². The van der Waals surface area contributed by atoms with Crippen molar-refractivity contribution in [2.45, 2.75) is 37.0 Å². The Kier molecular flexibility index (Phi) is 3.88. The third-order valence-electron chi connectivity index (χ3n) is 6.17. The molecule has 0 unspecified atom stereocenters. The second-order valence-corrected chi connectivity index (χ2v) is 7.98. The maximum Gasteiger partial charge on any atom is 0.135 e. The lowest BCUT2D eigenvalue weighted by molar-refractivity contribution is 0.269. The number of halogens is 3. The molecule has 6 rings (SSSR count). The monoisotopic (exact) mass is 398 g/mol. The van der Waals surface area contributed by atoms with E-state index in [2.05, 4.69) is 15.2 Å². The van der Waals surface area contributed by atoms with Gasteiger partial charge >= 0.3 is 0 Å². The average Bonchev–Trinajstić information content (AvgIpc) is 2.70. The number of nitrogens with two attached hydrogens (primary N) is 1. The number of fused-ring (bicyclic) bond motifs is 2. The summed E-state index contributed by atoms with van der Waals surface area (Å²) in [6.07, 6.45) is 5.25. The molecule has 0 aliphatic heterocycles. The van der Waals surface area contributed by atoms with E-state index in [0.29, 0.717) is 16.8 Å². The van der Waals surface area contributed by atoms with Crippen molar-refractivity contribution < 1.29 is 8.78 Å². The van der Waals surface area contributed by atoms with Crippen molar-refractivity contribution in [3.05, 3.63) is 70.0 Å². The third-order valence-corrected chi connectivity index (χ3v) is 6.47. The first-order valence-corrected chi connectivity index (χ1v) is 9.61. The molecule has 7 heteroatoms. The fourth-order valence-corrected chi connectivity index (χ4v) is 5.12. The first-order chi connectivity index (χ1) is 13.5. The van der Waals surface area contributed by atoms with Crippen LogP contribution in [0.15, 0.2) is 36.5 Å². The highest BCUT2D eigenvalue weighted by molar-refractivity contribution is 6.31. The Hall–Kier alpha value is -2.60. The molecular weight excluding hydrogens is 382 g/mol. The van der Waals surface area contributed by atoms with Crippen LogP contribution >= 0.6 is 11.6 Å². The predicted molar refractivity (Wildman–Crippen MR) is 103 cm³/mol. The highest BCUT2D eigenvalue weighted by Gasteiger charge is 2.48. The molecule has 3 aliphatic rings. The van der Waals surface area contributed by atoms with Gasteiger partial charge in [-0.25, -0.2) is 13.8 Å². The van der Waals surface area contributed by atoms with Gasteiger partial charge in [-0.2, -0.15) is 5.10 Å². The molecule has 1 aromatic carbocycles. The van der Waals surface area contributed by atoms with E-state index in [1.165, 1.54) is 18.2 Å². The number of aromatic nitrogens is 3. The fraction of sp³-hybridized carbons (Fsp3) is 0.286. The van der Waals surface area contributed by atoms with Gasteiger partial charge in [-0.05, 0) is 67.0 Å². The van der Waals surface area contributed by atoms with Crippen LogP contribution in [-0.2, 0) is 5.41 Å². The lowest BCUT2D eigenvalue weighted by Gasteiger charge is -2.47. The van der Waals surface area contributed by atoms with Crippen LogP contribution in [0, 0.1) is 11.6 Å². The van der Waals surface area contributed by atoms with E-state index >= 15 is 0 Å². The van der Waals surface area contributed by atoms with E-state index < -0.39 is 17.0 Å². The van der Waals surface area contributed by atoms with Gasteiger partial charge in [-0.1, -0.05) is 17.7 Å². The average molecular weight is 399 g/mol. The molecule has 0 radical (unpaired) electrons. The van der Waals surface area contributed by atoms with Gasteiger partial charge in [0.05, 0.1) is 22.0 Å². The molecular formula is C21H17ClF2N4. The van der Waals surface area contributed by atoms with E-state index in [9.17, 15) is 8.78 Å². The van der Waals surface area contributed by atoms with Crippen molar-refractivity contribution in [2.24, 2.45) is 0 Å². The van der Waals surface area contributed by atoms with Crippen LogP contribution in [0.5, 0.6) is 0 Å². The van der Waals surface area contributed by atoms with Gasteiger partial charge in [0, 0.05) is 11.6 Å². The van der Waals surface area contributed by atoms with Gasteiger partial charge in [-0.3, -0.25) is 0 Å². The van der Waals surface area contributed by atoms with Crippen molar-refractivity contribution in [1.82, 2.24) is 15.2 Å². The predicted octanol–water partition coefficient (Wildman–Crippen LogP) is 5.01. The number of benzene rings is 1. The van der Waals surface area contributed by atoms with Crippen molar-refractivity contribution in [1.29, 1.82) is 0 Å². The van der Waals surface area contributed by atoms with Gasteiger partial charge in [0.25, 0.3) is 0 Å². The molecule has 0 atom stereocenters. The Morgan fingerprint density at radius 1 is 1.07 bits per heavy atom. The van der Waals surface area contributed by atoms with Crippen molar-refractivity contribution >= 4 is 17.4 Å². The Morgan fingerprint density at radius 3 is 2.50 bits per heavy atom. The summed E-state index contributed by atoms with van der Waals surface area (Å²) >= 11 is 6.48. The Labute approximate surface area is 165 Å². The first-order valence-electron chi connectivity index (χ1n) is 9.23. The van der Waals surface area contributed by atoms with Crippen LogP contribution in [0.2, 0.25) is 5.02 Å². The summed E-state index contributed by atoms with van der Waals surface area (Å²) in [7, 11) is 0. The number of rotatable bonds is 2. The van der Waals surface area contributed by atoms with E-state index in [4.69, 9.17) is 17.3 Å². The number of hydrogen-bond donors (Lipinski definition) is 1. The molecule has 0 saturated heterocycles. The van der Waals surface area contributed by atoms with Crippen molar-refractivity contribution in [3.8, 4) is 11.3 Å². The zero-order chi connectivity index (χ0) is 19.5. The molecule has 3 aromatic rings. The number of anilines is 1. The minimum Gasteiger partial charge on any atom is -0.384 e. The van der Waals surface area contributed by atoms with Gasteiger partial charge in [-0.15, -0.1) is 5.10 Å². The van der Waals surface area contributed by atoms with Crippen LogP contribution in [0.25, 0.3) is 11.3 Å². The maximum absolute atomic E-state index is 14.2. The molecule has 2 N–H and O–H groups in total. The summed E-state index contributed by atoms with van der Waals surface area (Å²) in [6.45, 7) is 0. The number of nitrogen functional groups attached to an aromatic ring is 1. The zero-order valence-corrected chi connectivity index (χ0v) is 15.7. The summed E-state index contributed by atoms with van der Waals surface area (Å²) in [5.41, 5.74) is 8.35. The first kappa shape index (κ1) is 17.5. The second-order valence-electron chi connectivity index (χ2n) is 7.58. The van der Waals surface area contributed by atoms with E-state index in [1.807, 2.05) is 6.07 Å². The topological polar surface area (TPSA) is 64.7 Å². The quantitative estimate of drug-likeness (QED) is 0.659. The number of hydrogen-bond acceptors (Lipinski definition) is 4. The minimum atomic E-state index is -0.644. The van der Waals surface area contributed by atoms with Crippen LogP contribution < -0.4 is 5.73 Å². The van der Waals surface area contributed by atoms with E-state index in [1.54, 1.807) is 12.3 Å². The highest BCUT2D eigenvalue weighted by atomic mass is 35.5. The molecule has 1 saturated carbocycles. The molecule has 1 fully saturated rings. The lowest BCUT2D eigenvalue weighted by Crippen LogP contribution is -2.40. The summed E-state index contributed by atoms with van der Waals surface area (Å²) in [6, 6.07) is 7.40. The SMILES string of the molecule is Nc1cc(C23CCC(CC2)c2cc(-c4c(F)cccc4F)nnc23)c(Cl)cn1. The highest BCUT2D eigenvalue weighted by Crippen LogP contribution is 2.57. The summed E-state index contributed by atoms with van der Waals surface area (Å²) in [5, 5.41) is 9.23. The minimum absolute atomic E-state index is 0.139. The molecule has 0 spiro atoms. The standard InChI is InChI=1S/C21H17ClF2N4/c22-14-10-26-18(25)9-13(14)21-6-4-11(5-7-21)12-8-17(27-28-20(12)21)19-15(23)2-1-3-16(19)24/h1-3,8-11H,4-7H2,(H2,25,26). The molecule has 2 heterocycles. The normalized spacial score (nSPS) is 22.9. The Balaban J connectivity index is 1.71. The van der Waals surface area contributed by atoms with E-state index in [0.717, 1.165) is 42.5 Å². The van der Waals surface area contributed by atoms with Gasteiger partial charge in [0.2, 0.25) is 0 Å². The Bertz CT molecular complexity index is 1070. The summed E-state index contributed by atoms with van der Waals surface area (Å²) in [4.78, 5) is 4.07. The molecule has 142 valence electrons. The fourth-order valence-electron chi connectivity index (χ4n) is 4.83. The number of nitrogens with zero attached hydrogens (tertiary/aromatic N) is 3. The van der Waals surface area contributed by atoms with Crippen molar-refractivity contribution in [3.63, 3.8) is 0 Å². The molecule has 2 aromatic heterocycles. The molecule has 3 aliphatic carbocycles. The Morgan fingerprint density at radius 2 is 1.79 bits per heavy atom. The van der Waals surface area contributed by atoms with Crippen LogP contribution in [0.3, 0.4) is 0 Å². The van der Waals surface area contributed by atoms with Crippen LogP contribution in [0.4, 0.5) is 14.6 Å². The lowest BCUT2D eigenvalue weighted by atomic mass is 9.57. The molecule has 4 nitrogen and oxygen atoms in total. The van der Waals surface area contributed by atoms with Gasteiger partial charge in [0.15, 0.2) is 0 Å². The number of pyridine rings is 1. The smallest absolute Gasteiger partial charge is 0.135 e. The van der Waals surface area contributed by atoms with Crippen molar-refractivity contribution in [2.75, 3.05) is 5.73 Å².